The monoisotopic (exact) mass is 404 g/mol. The molecule has 0 spiro atoms. The first-order valence-electron chi connectivity index (χ1n) is 11.0. The highest BCUT2D eigenvalue weighted by Gasteiger charge is 2.65. The average Bonchev–Trinajstić information content (AvgIpc) is 2.87. The van der Waals surface area contributed by atoms with Gasteiger partial charge in [0.1, 0.15) is 11.9 Å². The van der Waals surface area contributed by atoms with Crippen molar-refractivity contribution in [2.75, 3.05) is 0 Å². The molecule has 0 aromatic rings. The predicted molar refractivity (Wildman–Crippen MR) is 104 cm³/mol. The van der Waals surface area contributed by atoms with Gasteiger partial charge in [-0.15, -0.1) is 0 Å². The predicted octanol–water partition coefficient (Wildman–Crippen LogP) is 3.25. The molecule has 0 radical (unpaired) electrons. The summed E-state index contributed by atoms with van der Waals surface area (Å²) in [6, 6.07) is 0. The second-order valence-electron chi connectivity index (χ2n) is 10.3. The first-order valence-corrected chi connectivity index (χ1v) is 11.0. The second kappa shape index (κ2) is 6.92. The van der Waals surface area contributed by atoms with Crippen LogP contribution in [0, 0.1) is 34.5 Å². The molecule has 0 aliphatic heterocycles. The summed E-state index contributed by atoms with van der Waals surface area (Å²) >= 11 is 0. The van der Waals surface area contributed by atoms with Gasteiger partial charge >= 0.3 is 11.9 Å². The number of rotatable bonds is 2. The van der Waals surface area contributed by atoms with Crippen LogP contribution in [0.3, 0.4) is 0 Å². The Morgan fingerprint density at radius 2 is 1.52 bits per heavy atom. The third kappa shape index (κ3) is 3.14. The zero-order valence-corrected chi connectivity index (χ0v) is 17.9. The molecule has 0 amide bonds. The van der Waals surface area contributed by atoms with Crippen LogP contribution in [-0.2, 0) is 28.7 Å². The molecule has 0 aromatic heterocycles. The molecule has 8 atom stereocenters. The molecule has 4 aliphatic rings. The molecule has 29 heavy (non-hydrogen) atoms. The van der Waals surface area contributed by atoms with E-state index in [0.717, 1.165) is 25.7 Å². The van der Waals surface area contributed by atoms with Crippen LogP contribution in [-0.4, -0.2) is 35.7 Å². The summed E-state index contributed by atoms with van der Waals surface area (Å²) in [5, 5.41) is 0. The summed E-state index contributed by atoms with van der Waals surface area (Å²) < 4.78 is 10.9. The summed E-state index contributed by atoms with van der Waals surface area (Å²) in [5.74, 6) is 0.114. The van der Waals surface area contributed by atoms with Gasteiger partial charge in [-0.25, -0.2) is 0 Å². The zero-order chi connectivity index (χ0) is 21.1. The lowest BCUT2D eigenvalue weighted by Gasteiger charge is -2.59. The Labute approximate surface area is 172 Å². The first-order chi connectivity index (χ1) is 13.6. The van der Waals surface area contributed by atoms with Gasteiger partial charge in [-0.05, 0) is 55.3 Å². The van der Waals surface area contributed by atoms with Crippen LogP contribution in [0.2, 0.25) is 0 Å². The van der Waals surface area contributed by atoms with Crippen molar-refractivity contribution in [2.24, 2.45) is 34.5 Å². The maximum Gasteiger partial charge on any atom is 0.303 e. The molecule has 4 rings (SSSR count). The number of Topliss-reactive ketones (excluding diaryl/α,β-unsaturated/α-hetero) is 2. The Bertz CT molecular complexity index is 758. The maximum atomic E-state index is 13.2. The van der Waals surface area contributed by atoms with Gasteiger partial charge in [0.05, 0.1) is 0 Å². The third-order valence-corrected chi connectivity index (χ3v) is 8.78. The van der Waals surface area contributed by atoms with Crippen LogP contribution in [0.1, 0.15) is 72.6 Å². The van der Waals surface area contributed by atoms with Gasteiger partial charge in [0.25, 0.3) is 0 Å². The number of ether oxygens (including phenoxy) is 2. The first kappa shape index (κ1) is 20.5. The average molecular weight is 405 g/mol. The van der Waals surface area contributed by atoms with E-state index in [0.29, 0.717) is 25.2 Å². The minimum absolute atomic E-state index is 0.00615. The molecular weight excluding hydrogens is 372 g/mol. The number of carbonyl (C=O) groups excluding carboxylic acids is 4. The van der Waals surface area contributed by atoms with Crippen molar-refractivity contribution < 1.29 is 28.7 Å². The molecule has 0 N–H and O–H groups in total. The smallest absolute Gasteiger partial charge is 0.303 e. The Kier molecular flexibility index (Phi) is 4.90. The fourth-order valence-corrected chi connectivity index (χ4v) is 7.46. The molecule has 8 unspecified atom stereocenters. The van der Waals surface area contributed by atoms with E-state index in [2.05, 4.69) is 13.8 Å². The minimum atomic E-state index is -0.675. The highest BCUT2D eigenvalue weighted by molar-refractivity contribution is 5.89. The lowest BCUT2D eigenvalue weighted by molar-refractivity contribution is -0.175. The van der Waals surface area contributed by atoms with Gasteiger partial charge in [-0.2, -0.15) is 0 Å². The van der Waals surface area contributed by atoms with Crippen molar-refractivity contribution in [3.05, 3.63) is 0 Å². The molecule has 160 valence electrons. The summed E-state index contributed by atoms with van der Waals surface area (Å²) in [5.41, 5.74) is -0.483. The van der Waals surface area contributed by atoms with E-state index in [1.54, 1.807) is 0 Å². The van der Waals surface area contributed by atoms with E-state index in [9.17, 15) is 19.2 Å². The molecule has 0 heterocycles. The molecule has 0 saturated heterocycles. The number of esters is 2. The van der Waals surface area contributed by atoms with Gasteiger partial charge in [0.2, 0.25) is 0 Å². The van der Waals surface area contributed by atoms with Crippen molar-refractivity contribution >= 4 is 23.5 Å². The summed E-state index contributed by atoms with van der Waals surface area (Å²) in [7, 11) is 0. The molecule has 4 fully saturated rings. The molecule has 6 nitrogen and oxygen atoms in total. The molecule has 0 bridgehead atoms. The highest BCUT2D eigenvalue weighted by atomic mass is 16.5. The van der Waals surface area contributed by atoms with E-state index in [1.165, 1.54) is 13.8 Å². The highest BCUT2D eigenvalue weighted by Crippen LogP contribution is 2.65. The van der Waals surface area contributed by atoms with Gasteiger partial charge in [0.15, 0.2) is 11.9 Å². The topological polar surface area (TPSA) is 86.7 Å². The van der Waals surface area contributed by atoms with Crippen molar-refractivity contribution in [3.8, 4) is 0 Å². The zero-order valence-electron chi connectivity index (χ0n) is 17.9. The van der Waals surface area contributed by atoms with Crippen molar-refractivity contribution in [1.29, 1.82) is 0 Å². The molecule has 6 heteroatoms. The van der Waals surface area contributed by atoms with E-state index in [1.807, 2.05) is 0 Å². The van der Waals surface area contributed by atoms with Crippen molar-refractivity contribution in [2.45, 2.75) is 84.8 Å². The lowest BCUT2D eigenvalue weighted by Crippen LogP contribution is -2.57. The van der Waals surface area contributed by atoms with Crippen molar-refractivity contribution in [1.82, 2.24) is 0 Å². The van der Waals surface area contributed by atoms with Crippen LogP contribution in [0.5, 0.6) is 0 Å². The Morgan fingerprint density at radius 1 is 0.862 bits per heavy atom. The Morgan fingerprint density at radius 3 is 2.17 bits per heavy atom. The minimum Gasteiger partial charge on any atom is -0.463 e. The maximum absolute atomic E-state index is 13.2. The third-order valence-electron chi connectivity index (χ3n) is 8.78. The quantitative estimate of drug-likeness (QED) is 0.657. The summed E-state index contributed by atoms with van der Waals surface area (Å²) in [6.07, 6.45) is 4.11. The van der Waals surface area contributed by atoms with Crippen molar-refractivity contribution in [3.63, 3.8) is 0 Å². The van der Waals surface area contributed by atoms with E-state index in [4.69, 9.17) is 9.47 Å². The van der Waals surface area contributed by atoms with Crippen LogP contribution in [0.15, 0.2) is 0 Å². The van der Waals surface area contributed by atoms with E-state index >= 15 is 0 Å². The molecule has 4 aliphatic carbocycles. The molecule has 4 saturated carbocycles. The molecule has 0 aromatic carbocycles. The Hall–Kier alpha value is -1.72. The SMILES string of the molecule is CC(=O)OC1CCC2(C)C(C1)C(=O)CC1C2CCC2(C)C(OC(C)=O)C(=O)CC12. The van der Waals surface area contributed by atoms with E-state index < -0.39 is 12.1 Å². The fraction of sp³-hybridized carbons (Fsp3) is 0.826. The lowest BCUT2D eigenvalue weighted by atomic mass is 9.45. The number of carbonyl (C=O) groups is 4. The van der Waals surface area contributed by atoms with Gasteiger partial charge in [0, 0.05) is 38.0 Å². The number of fused-ring (bicyclic) bond motifs is 5. The summed E-state index contributed by atoms with van der Waals surface area (Å²) in [6.45, 7) is 7.08. The number of ketones is 2. The van der Waals surface area contributed by atoms with Gasteiger partial charge in [-0.1, -0.05) is 13.8 Å². The van der Waals surface area contributed by atoms with Crippen LogP contribution in [0.4, 0.5) is 0 Å². The van der Waals surface area contributed by atoms with E-state index in [-0.39, 0.29) is 52.2 Å². The van der Waals surface area contributed by atoms with Crippen LogP contribution >= 0.6 is 0 Å². The van der Waals surface area contributed by atoms with Crippen LogP contribution < -0.4 is 0 Å². The Balaban J connectivity index is 1.60. The second-order valence-corrected chi connectivity index (χ2v) is 10.3. The molecular formula is C23H32O6. The normalized spacial score (nSPS) is 46.3. The fourth-order valence-electron chi connectivity index (χ4n) is 7.46. The van der Waals surface area contributed by atoms with Gasteiger partial charge < -0.3 is 9.47 Å². The standard InChI is InChI=1S/C23H32O6/c1-12(24)28-14-5-7-22(3)16-6-8-23(4)17(11-20(27)21(23)29-13(2)25)15(16)10-19(26)18(22)9-14/h14-18,21H,5-11H2,1-4H3. The number of hydrogen-bond donors (Lipinski definition) is 0. The summed E-state index contributed by atoms with van der Waals surface area (Å²) in [4.78, 5) is 48.9. The number of hydrogen-bond acceptors (Lipinski definition) is 6. The van der Waals surface area contributed by atoms with Crippen LogP contribution in [0.25, 0.3) is 0 Å². The van der Waals surface area contributed by atoms with Gasteiger partial charge in [-0.3, -0.25) is 19.2 Å². The largest absolute Gasteiger partial charge is 0.463 e.